The van der Waals surface area contributed by atoms with E-state index in [0.717, 1.165) is 5.69 Å². The molecule has 0 aliphatic rings. The molecule has 0 saturated heterocycles. The molecule has 0 aromatic carbocycles. The lowest BCUT2D eigenvalue weighted by molar-refractivity contribution is 0.577. The molecule has 1 aromatic heterocycles. The van der Waals surface area contributed by atoms with Crippen LogP contribution in [-0.2, 0) is 23.6 Å². The minimum absolute atomic E-state index is 0.192. The summed E-state index contributed by atoms with van der Waals surface area (Å²) < 4.78 is 27.1. The molecule has 4 nitrogen and oxygen atoms in total. The highest BCUT2D eigenvalue weighted by atomic mass is 32.2. The maximum Gasteiger partial charge on any atom is 0.211 e. The van der Waals surface area contributed by atoms with Crippen molar-refractivity contribution in [2.75, 3.05) is 5.75 Å². The van der Waals surface area contributed by atoms with E-state index >= 15 is 0 Å². The van der Waals surface area contributed by atoms with Crippen LogP contribution >= 0.6 is 0 Å². The fourth-order valence-electron chi connectivity index (χ4n) is 1.20. The van der Waals surface area contributed by atoms with Gasteiger partial charge in [0.1, 0.15) is 0 Å². The van der Waals surface area contributed by atoms with Crippen molar-refractivity contribution in [2.45, 2.75) is 19.9 Å². The molecule has 5 heteroatoms. The first kappa shape index (κ1) is 11.3. The maximum absolute atomic E-state index is 11.3. The molecule has 0 spiro atoms. The predicted molar refractivity (Wildman–Crippen MR) is 56.3 cm³/mol. The summed E-state index contributed by atoms with van der Waals surface area (Å²) in [7, 11) is -1.20. The van der Waals surface area contributed by atoms with Gasteiger partial charge in [-0.25, -0.2) is 13.1 Å². The molecule has 0 unspecified atom stereocenters. The van der Waals surface area contributed by atoms with Gasteiger partial charge in [-0.1, -0.05) is 6.92 Å². The van der Waals surface area contributed by atoms with Gasteiger partial charge in [0.25, 0.3) is 0 Å². The van der Waals surface area contributed by atoms with Crippen LogP contribution in [0.4, 0.5) is 0 Å². The molecule has 1 heterocycles. The fraction of sp³-hybridized carbons (Fsp3) is 0.556. The van der Waals surface area contributed by atoms with Crippen LogP contribution in [0.3, 0.4) is 0 Å². The quantitative estimate of drug-likeness (QED) is 0.793. The average Bonchev–Trinajstić information content (AvgIpc) is 2.48. The SMILES string of the molecule is CCCS(=O)(=O)NCc1cccn1C. The van der Waals surface area contributed by atoms with E-state index in [1.54, 1.807) is 0 Å². The Morgan fingerprint density at radius 2 is 2.21 bits per heavy atom. The smallest absolute Gasteiger partial charge is 0.211 e. The van der Waals surface area contributed by atoms with Crippen molar-refractivity contribution in [3.63, 3.8) is 0 Å². The zero-order valence-electron chi connectivity index (χ0n) is 8.53. The number of hydrogen-bond acceptors (Lipinski definition) is 2. The largest absolute Gasteiger partial charge is 0.353 e. The normalized spacial score (nSPS) is 11.9. The molecule has 80 valence electrons. The van der Waals surface area contributed by atoms with Gasteiger partial charge in [-0.2, -0.15) is 0 Å². The maximum atomic E-state index is 11.3. The summed E-state index contributed by atoms with van der Waals surface area (Å²) in [6.45, 7) is 2.22. The summed E-state index contributed by atoms with van der Waals surface area (Å²) >= 11 is 0. The minimum Gasteiger partial charge on any atom is -0.353 e. The molecule has 0 aliphatic carbocycles. The second-order valence-electron chi connectivity index (χ2n) is 3.25. The number of rotatable bonds is 5. The Morgan fingerprint density at radius 1 is 1.50 bits per heavy atom. The third kappa shape index (κ3) is 3.16. The second kappa shape index (κ2) is 4.61. The Labute approximate surface area is 85.0 Å². The summed E-state index contributed by atoms with van der Waals surface area (Å²) in [5.74, 6) is 0.192. The minimum atomic E-state index is -3.09. The van der Waals surface area contributed by atoms with Crippen molar-refractivity contribution in [3.05, 3.63) is 24.0 Å². The van der Waals surface area contributed by atoms with Crippen LogP contribution < -0.4 is 4.72 Å². The molecule has 1 aromatic rings. The molecule has 0 bridgehead atoms. The monoisotopic (exact) mass is 216 g/mol. The van der Waals surface area contributed by atoms with Crippen LogP contribution in [0.15, 0.2) is 18.3 Å². The van der Waals surface area contributed by atoms with Crippen molar-refractivity contribution in [2.24, 2.45) is 7.05 Å². The van der Waals surface area contributed by atoms with Crippen LogP contribution in [0.1, 0.15) is 19.0 Å². The Balaban J connectivity index is 2.53. The van der Waals surface area contributed by atoms with Gasteiger partial charge >= 0.3 is 0 Å². The van der Waals surface area contributed by atoms with Gasteiger partial charge in [0, 0.05) is 18.9 Å². The van der Waals surface area contributed by atoms with Crippen molar-refractivity contribution in [1.29, 1.82) is 0 Å². The Morgan fingerprint density at radius 3 is 2.71 bits per heavy atom. The molecule has 0 atom stereocenters. The van der Waals surface area contributed by atoms with Crippen molar-refractivity contribution in [3.8, 4) is 0 Å². The predicted octanol–water partition coefficient (Wildman–Crippen LogP) is 0.854. The van der Waals surface area contributed by atoms with Crippen molar-refractivity contribution < 1.29 is 8.42 Å². The van der Waals surface area contributed by atoms with Crippen LogP contribution in [-0.4, -0.2) is 18.7 Å². The summed E-state index contributed by atoms with van der Waals surface area (Å²) in [4.78, 5) is 0. The van der Waals surface area contributed by atoms with E-state index in [2.05, 4.69) is 4.72 Å². The van der Waals surface area contributed by atoms with Crippen LogP contribution in [0.25, 0.3) is 0 Å². The van der Waals surface area contributed by atoms with Crippen molar-refractivity contribution in [1.82, 2.24) is 9.29 Å². The van der Waals surface area contributed by atoms with Gasteiger partial charge in [0.05, 0.1) is 12.3 Å². The van der Waals surface area contributed by atoms with Crippen LogP contribution in [0.2, 0.25) is 0 Å². The second-order valence-corrected chi connectivity index (χ2v) is 5.18. The van der Waals surface area contributed by atoms with E-state index in [9.17, 15) is 8.42 Å². The first-order chi connectivity index (χ1) is 6.55. The van der Waals surface area contributed by atoms with Crippen LogP contribution in [0, 0.1) is 0 Å². The zero-order chi connectivity index (χ0) is 10.6. The molecule has 1 N–H and O–H groups in total. The number of hydrogen-bond donors (Lipinski definition) is 1. The summed E-state index contributed by atoms with van der Waals surface area (Å²) in [5, 5.41) is 0. The Kier molecular flexibility index (Phi) is 3.71. The molecule has 14 heavy (non-hydrogen) atoms. The third-order valence-electron chi connectivity index (χ3n) is 2.00. The molecule has 0 amide bonds. The fourth-order valence-corrected chi connectivity index (χ4v) is 2.25. The van der Waals surface area contributed by atoms with Crippen molar-refractivity contribution >= 4 is 10.0 Å². The van der Waals surface area contributed by atoms with E-state index in [0.29, 0.717) is 13.0 Å². The zero-order valence-corrected chi connectivity index (χ0v) is 9.34. The van der Waals surface area contributed by atoms with E-state index in [-0.39, 0.29) is 5.75 Å². The molecular weight excluding hydrogens is 200 g/mol. The lowest BCUT2D eigenvalue weighted by Gasteiger charge is -2.06. The molecule has 1 rings (SSSR count). The van der Waals surface area contributed by atoms with Crippen LogP contribution in [0.5, 0.6) is 0 Å². The van der Waals surface area contributed by atoms with E-state index in [1.807, 2.05) is 36.9 Å². The third-order valence-corrected chi connectivity index (χ3v) is 3.53. The van der Waals surface area contributed by atoms with Gasteiger partial charge < -0.3 is 4.57 Å². The first-order valence-corrected chi connectivity index (χ1v) is 6.28. The molecule has 0 aliphatic heterocycles. The van der Waals surface area contributed by atoms with E-state index in [1.165, 1.54) is 0 Å². The standard InChI is InChI=1S/C9H16N2O2S/c1-3-7-14(12,13)10-8-9-5-4-6-11(9)2/h4-6,10H,3,7-8H2,1-2H3. The summed E-state index contributed by atoms with van der Waals surface area (Å²) in [6.07, 6.45) is 2.53. The van der Waals surface area contributed by atoms with Gasteiger partial charge in [-0.05, 0) is 18.6 Å². The highest BCUT2D eigenvalue weighted by Gasteiger charge is 2.08. The Hall–Kier alpha value is -0.810. The highest BCUT2D eigenvalue weighted by Crippen LogP contribution is 2.00. The molecular formula is C9H16N2O2S. The number of nitrogens with zero attached hydrogens (tertiary/aromatic N) is 1. The van der Waals surface area contributed by atoms with Gasteiger partial charge in [0.15, 0.2) is 0 Å². The van der Waals surface area contributed by atoms with Gasteiger partial charge in [-0.15, -0.1) is 0 Å². The molecule has 0 fully saturated rings. The first-order valence-electron chi connectivity index (χ1n) is 4.62. The highest BCUT2D eigenvalue weighted by molar-refractivity contribution is 7.89. The van der Waals surface area contributed by atoms with E-state index < -0.39 is 10.0 Å². The van der Waals surface area contributed by atoms with E-state index in [4.69, 9.17) is 0 Å². The lowest BCUT2D eigenvalue weighted by atomic mass is 10.4. The number of sulfonamides is 1. The Bertz CT molecular complexity index is 381. The van der Waals surface area contributed by atoms with Gasteiger partial charge in [-0.3, -0.25) is 0 Å². The molecule has 0 saturated carbocycles. The average molecular weight is 216 g/mol. The number of aromatic nitrogens is 1. The lowest BCUT2D eigenvalue weighted by Crippen LogP contribution is -2.26. The topological polar surface area (TPSA) is 51.1 Å². The summed E-state index contributed by atoms with van der Waals surface area (Å²) in [5.41, 5.74) is 0.963. The van der Waals surface area contributed by atoms with Gasteiger partial charge in [0.2, 0.25) is 10.0 Å². The number of nitrogens with one attached hydrogen (secondary N) is 1. The number of aryl methyl sites for hydroxylation is 1. The molecule has 0 radical (unpaired) electrons. The summed E-state index contributed by atoms with van der Waals surface area (Å²) in [6, 6.07) is 3.79.